The Morgan fingerprint density at radius 2 is 1.86 bits per heavy atom. The lowest BCUT2D eigenvalue weighted by Gasteiger charge is -2.23. The summed E-state index contributed by atoms with van der Waals surface area (Å²) in [6.07, 6.45) is 1.04. The summed E-state index contributed by atoms with van der Waals surface area (Å²) >= 11 is 0. The molecule has 5 heteroatoms. The number of nitriles is 1. The number of hydrogen-bond acceptors (Lipinski definition) is 4. The molecule has 1 aromatic heterocycles. The molecule has 0 aliphatic carbocycles. The van der Waals surface area contributed by atoms with Gasteiger partial charge < -0.3 is 9.47 Å². The zero-order chi connectivity index (χ0) is 20.3. The number of hydrogen-bond donors (Lipinski definition) is 0. The molecule has 144 valence electrons. The van der Waals surface area contributed by atoms with E-state index in [1.807, 2.05) is 25.1 Å². The number of ether oxygens (including phenoxy) is 2. The van der Waals surface area contributed by atoms with E-state index in [2.05, 4.69) is 24.0 Å². The Kier molecular flexibility index (Phi) is 5.51. The zero-order valence-electron chi connectivity index (χ0n) is 16.5. The topological polar surface area (TPSA) is 55.1 Å². The molecule has 0 fully saturated rings. The first-order valence-corrected chi connectivity index (χ1v) is 9.16. The average Bonchev–Trinajstić information content (AvgIpc) is 2.73. The second-order valence-electron chi connectivity index (χ2n) is 7.00. The number of benzene rings is 2. The molecule has 0 aliphatic rings. The fourth-order valence-corrected chi connectivity index (χ4v) is 3.37. The van der Waals surface area contributed by atoms with Crippen molar-refractivity contribution in [2.45, 2.75) is 32.1 Å². The molecule has 3 aromatic rings. The van der Waals surface area contributed by atoms with Gasteiger partial charge in [0.15, 0.2) is 0 Å². The van der Waals surface area contributed by atoms with E-state index in [4.69, 9.17) is 9.47 Å². The molecule has 0 saturated heterocycles. The largest absolute Gasteiger partial charge is 0.497 e. The van der Waals surface area contributed by atoms with Gasteiger partial charge in [0.25, 0.3) is 0 Å². The van der Waals surface area contributed by atoms with Gasteiger partial charge in [-0.3, -0.25) is 0 Å². The molecule has 0 N–H and O–H groups in total. The first kappa shape index (κ1) is 19.6. The van der Waals surface area contributed by atoms with Gasteiger partial charge >= 0.3 is 0 Å². The van der Waals surface area contributed by atoms with Crippen LogP contribution in [0.2, 0.25) is 0 Å². The summed E-state index contributed by atoms with van der Waals surface area (Å²) in [6, 6.07) is 14.7. The summed E-state index contributed by atoms with van der Waals surface area (Å²) in [4.78, 5) is 4.60. The summed E-state index contributed by atoms with van der Waals surface area (Å²) in [5.41, 5.74) is 2.09. The first-order valence-electron chi connectivity index (χ1n) is 9.16. The Morgan fingerprint density at radius 3 is 2.50 bits per heavy atom. The van der Waals surface area contributed by atoms with Crippen LogP contribution in [0.25, 0.3) is 10.9 Å². The molecule has 4 nitrogen and oxygen atoms in total. The molecular weight excluding hydrogens is 355 g/mol. The van der Waals surface area contributed by atoms with E-state index >= 15 is 0 Å². The van der Waals surface area contributed by atoms with Gasteiger partial charge in [-0.25, -0.2) is 9.37 Å². The van der Waals surface area contributed by atoms with Crippen LogP contribution in [0, 0.1) is 17.1 Å². The molecule has 2 aromatic carbocycles. The van der Waals surface area contributed by atoms with E-state index in [0.717, 1.165) is 28.5 Å². The molecule has 1 atom stereocenters. The van der Waals surface area contributed by atoms with E-state index in [9.17, 15) is 9.65 Å². The number of halogens is 1. The highest BCUT2D eigenvalue weighted by molar-refractivity contribution is 5.81. The maximum atomic E-state index is 14.3. The molecule has 28 heavy (non-hydrogen) atoms. The number of nitrogens with zero attached hydrogens (tertiary/aromatic N) is 2. The van der Waals surface area contributed by atoms with Gasteiger partial charge in [0, 0.05) is 10.9 Å². The van der Waals surface area contributed by atoms with Crippen LogP contribution in [0.5, 0.6) is 11.6 Å². The second-order valence-corrected chi connectivity index (χ2v) is 7.00. The molecule has 1 unspecified atom stereocenters. The Morgan fingerprint density at radius 1 is 1.07 bits per heavy atom. The lowest BCUT2D eigenvalue weighted by Crippen LogP contribution is -2.23. The predicted molar refractivity (Wildman–Crippen MR) is 107 cm³/mol. The third-order valence-electron chi connectivity index (χ3n) is 5.11. The summed E-state index contributed by atoms with van der Waals surface area (Å²) in [7, 11) is 3.13. The van der Waals surface area contributed by atoms with Crippen molar-refractivity contribution in [3.8, 4) is 17.7 Å². The van der Waals surface area contributed by atoms with Crippen LogP contribution in [0.3, 0.4) is 0 Å². The summed E-state index contributed by atoms with van der Waals surface area (Å²) in [6.45, 7) is 3.86. The summed E-state index contributed by atoms with van der Waals surface area (Å²) < 4.78 is 24.9. The van der Waals surface area contributed by atoms with Crippen LogP contribution in [0.4, 0.5) is 4.39 Å². The van der Waals surface area contributed by atoms with Crippen molar-refractivity contribution in [2.24, 2.45) is 0 Å². The van der Waals surface area contributed by atoms with Crippen LogP contribution in [0.15, 0.2) is 42.5 Å². The molecule has 0 saturated carbocycles. The minimum absolute atomic E-state index is 0.224. The van der Waals surface area contributed by atoms with Gasteiger partial charge in [-0.1, -0.05) is 19.1 Å². The van der Waals surface area contributed by atoms with Crippen molar-refractivity contribution in [1.29, 1.82) is 5.26 Å². The second kappa shape index (κ2) is 7.85. The smallest absolute Gasteiger partial charge is 0.216 e. The van der Waals surface area contributed by atoms with E-state index in [1.165, 1.54) is 13.2 Å². The van der Waals surface area contributed by atoms with Crippen molar-refractivity contribution < 1.29 is 13.9 Å². The van der Waals surface area contributed by atoms with Gasteiger partial charge in [0.05, 0.1) is 31.2 Å². The Balaban J connectivity index is 2.06. The summed E-state index contributed by atoms with van der Waals surface area (Å²) in [5.74, 6) is 0.800. The highest BCUT2D eigenvalue weighted by atomic mass is 19.1. The van der Waals surface area contributed by atoms with E-state index in [1.54, 1.807) is 19.2 Å². The third kappa shape index (κ3) is 3.63. The molecular formula is C23H23FN2O2. The molecule has 0 amide bonds. The van der Waals surface area contributed by atoms with Crippen LogP contribution in [-0.4, -0.2) is 19.2 Å². The third-order valence-corrected chi connectivity index (χ3v) is 5.11. The van der Waals surface area contributed by atoms with Crippen molar-refractivity contribution >= 4 is 10.9 Å². The zero-order valence-corrected chi connectivity index (χ0v) is 16.5. The highest BCUT2D eigenvalue weighted by Crippen LogP contribution is 2.33. The fraction of sp³-hybridized carbons (Fsp3) is 0.304. The number of aromatic nitrogens is 1. The molecule has 0 radical (unpaired) electrons. The van der Waals surface area contributed by atoms with E-state index in [0.29, 0.717) is 17.2 Å². The van der Waals surface area contributed by atoms with Crippen LogP contribution in [-0.2, 0) is 18.3 Å². The maximum Gasteiger partial charge on any atom is 0.216 e. The minimum Gasteiger partial charge on any atom is -0.497 e. The van der Waals surface area contributed by atoms with Gasteiger partial charge in [-0.2, -0.15) is 5.26 Å². The minimum atomic E-state index is -0.917. The highest BCUT2D eigenvalue weighted by Gasteiger charge is 2.29. The average molecular weight is 378 g/mol. The van der Waals surface area contributed by atoms with Gasteiger partial charge in [0.1, 0.15) is 11.6 Å². The Hall–Kier alpha value is -3.13. The first-order chi connectivity index (χ1) is 13.4. The number of fused-ring (bicyclic) bond motifs is 1. The fourth-order valence-electron chi connectivity index (χ4n) is 3.37. The quantitative estimate of drug-likeness (QED) is 0.607. The predicted octanol–water partition coefficient (Wildman–Crippen LogP) is 4.98. The lowest BCUT2D eigenvalue weighted by atomic mass is 9.78. The molecule has 0 spiro atoms. The SMILES string of the molecule is CCc1cc2ccc(C(C)(C#N)Cc3cc(OC)ccc3F)cc2nc1OC. The van der Waals surface area contributed by atoms with E-state index < -0.39 is 5.41 Å². The van der Waals surface area contributed by atoms with Gasteiger partial charge in [-0.05, 0) is 61.2 Å². The van der Waals surface area contributed by atoms with Crippen LogP contribution < -0.4 is 9.47 Å². The van der Waals surface area contributed by atoms with Crippen molar-refractivity contribution in [2.75, 3.05) is 14.2 Å². The van der Waals surface area contributed by atoms with Crippen LogP contribution >= 0.6 is 0 Å². The maximum absolute atomic E-state index is 14.3. The number of methoxy groups -OCH3 is 2. The molecule has 3 rings (SSSR count). The van der Waals surface area contributed by atoms with Crippen molar-refractivity contribution in [3.63, 3.8) is 0 Å². The normalized spacial score (nSPS) is 13.0. The molecule has 0 bridgehead atoms. The monoisotopic (exact) mass is 378 g/mol. The molecule has 0 aliphatic heterocycles. The van der Waals surface area contributed by atoms with Crippen LogP contribution in [0.1, 0.15) is 30.5 Å². The number of rotatable bonds is 6. The Bertz CT molecular complexity index is 1060. The number of pyridine rings is 1. The lowest BCUT2D eigenvalue weighted by molar-refractivity contribution is 0.394. The Labute approximate surface area is 164 Å². The summed E-state index contributed by atoms with van der Waals surface area (Å²) in [5, 5.41) is 10.9. The number of aryl methyl sites for hydroxylation is 1. The van der Waals surface area contributed by atoms with Crippen molar-refractivity contribution in [3.05, 3.63) is 65.0 Å². The van der Waals surface area contributed by atoms with Gasteiger partial charge in [-0.15, -0.1) is 0 Å². The van der Waals surface area contributed by atoms with E-state index in [-0.39, 0.29) is 12.2 Å². The van der Waals surface area contributed by atoms with Crippen molar-refractivity contribution in [1.82, 2.24) is 4.98 Å². The molecule has 1 heterocycles. The standard InChI is InChI=1S/C23H23FN2O2/c1-5-15-10-16-6-7-18(12-21(16)26-22(15)28-4)23(2,14-25)13-17-11-19(27-3)8-9-20(17)24/h6-12H,5,13H2,1-4H3. The van der Waals surface area contributed by atoms with Gasteiger partial charge in [0.2, 0.25) is 5.88 Å².